The maximum absolute atomic E-state index is 12.8. The summed E-state index contributed by atoms with van der Waals surface area (Å²) in [5, 5.41) is 0.489. The SMILES string of the molecule is NC(c1cc(Cl)c(Br)s1)c1cc(C(F)(F)F)ccc1Br. The van der Waals surface area contributed by atoms with Crippen molar-refractivity contribution < 1.29 is 13.2 Å². The minimum atomic E-state index is -4.40. The molecule has 1 aromatic heterocycles. The van der Waals surface area contributed by atoms with Gasteiger partial charge in [0.1, 0.15) is 0 Å². The predicted molar refractivity (Wildman–Crippen MR) is 82.2 cm³/mol. The van der Waals surface area contributed by atoms with Crippen LogP contribution in [0.5, 0.6) is 0 Å². The predicted octanol–water partition coefficient (Wildman–Crippen LogP) is 5.99. The van der Waals surface area contributed by atoms with Gasteiger partial charge >= 0.3 is 6.18 Å². The molecule has 8 heteroatoms. The standard InChI is InChI=1S/C12H7Br2ClF3NS/c13-7-2-1-5(12(16,17)18)3-6(7)10(19)9-4-8(15)11(14)20-9/h1-4,10H,19H2. The fourth-order valence-electron chi connectivity index (χ4n) is 1.63. The van der Waals surface area contributed by atoms with Gasteiger partial charge in [-0.1, -0.05) is 27.5 Å². The summed E-state index contributed by atoms with van der Waals surface area (Å²) >= 11 is 13.7. The van der Waals surface area contributed by atoms with Crippen molar-refractivity contribution in [2.45, 2.75) is 12.2 Å². The monoisotopic (exact) mass is 447 g/mol. The molecule has 0 amide bonds. The van der Waals surface area contributed by atoms with Crippen LogP contribution in [0, 0.1) is 0 Å². The lowest BCUT2D eigenvalue weighted by atomic mass is 10.0. The number of alkyl halides is 3. The van der Waals surface area contributed by atoms with E-state index in [2.05, 4.69) is 31.9 Å². The molecule has 2 N–H and O–H groups in total. The smallest absolute Gasteiger partial charge is 0.320 e. The number of hydrogen-bond donors (Lipinski definition) is 1. The van der Waals surface area contributed by atoms with Gasteiger partial charge in [-0.2, -0.15) is 13.2 Å². The molecule has 1 unspecified atom stereocenters. The van der Waals surface area contributed by atoms with Gasteiger partial charge < -0.3 is 5.73 Å². The van der Waals surface area contributed by atoms with E-state index in [0.717, 1.165) is 12.1 Å². The lowest BCUT2D eigenvalue weighted by Crippen LogP contribution is -2.13. The second-order valence-corrected chi connectivity index (χ2v) is 7.65. The van der Waals surface area contributed by atoms with Crippen LogP contribution in [0.25, 0.3) is 0 Å². The number of halogens is 6. The van der Waals surface area contributed by atoms with Crippen LogP contribution in [0.3, 0.4) is 0 Å². The van der Waals surface area contributed by atoms with Crippen molar-refractivity contribution in [2.24, 2.45) is 5.73 Å². The van der Waals surface area contributed by atoms with Crippen molar-refractivity contribution in [3.05, 3.63) is 53.6 Å². The zero-order valence-corrected chi connectivity index (χ0v) is 14.4. The first kappa shape index (κ1) is 16.3. The van der Waals surface area contributed by atoms with Crippen molar-refractivity contribution in [3.8, 4) is 0 Å². The Kier molecular flexibility index (Phi) is 4.86. The molecular weight excluding hydrogens is 442 g/mol. The number of nitrogens with two attached hydrogens (primary N) is 1. The van der Waals surface area contributed by atoms with E-state index in [0.29, 0.717) is 23.7 Å². The number of benzene rings is 1. The van der Waals surface area contributed by atoms with Gasteiger partial charge in [-0.15, -0.1) is 11.3 Å². The molecule has 0 spiro atoms. The second-order valence-electron chi connectivity index (χ2n) is 3.98. The highest BCUT2D eigenvalue weighted by molar-refractivity contribution is 9.11. The van der Waals surface area contributed by atoms with Gasteiger partial charge in [0.25, 0.3) is 0 Å². The van der Waals surface area contributed by atoms with Crippen molar-refractivity contribution in [1.82, 2.24) is 0 Å². The Balaban J connectivity index is 2.46. The molecule has 1 aromatic carbocycles. The van der Waals surface area contributed by atoms with Crippen LogP contribution in [0.2, 0.25) is 5.02 Å². The van der Waals surface area contributed by atoms with Crippen molar-refractivity contribution in [3.63, 3.8) is 0 Å². The van der Waals surface area contributed by atoms with Crippen LogP contribution in [0.4, 0.5) is 13.2 Å². The molecule has 0 aliphatic heterocycles. The Morgan fingerprint density at radius 1 is 1.20 bits per heavy atom. The molecule has 1 atom stereocenters. The summed E-state index contributed by atoms with van der Waals surface area (Å²) in [6.45, 7) is 0. The topological polar surface area (TPSA) is 26.0 Å². The van der Waals surface area contributed by atoms with E-state index in [-0.39, 0.29) is 0 Å². The summed E-state index contributed by atoms with van der Waals surface area (Å²) < 4.78 is 39.5. The molecule has 108 valence electrons. The van der Waals surface area contributed by atoms with E-state index in [1.807, 2.05) is 0 Å². The van der Waals surface area contributed by atoms with Gasteiger partial charge in [-0.05, 0) is 45.8 Å². The molecule has 0 saturated carbocycles. The molecule has 0 aliphatic carbocycles. The number of hydrogen-bond acceptors (Lipinski definition) is 2. The molecule has 20 heavy (non-hydrogen) atoms. The number of thiophene rings is 1. The second kappa shape index (κ2) is 5.96. The highest BCUT2D eigenvalue weighted by Crippen LogP contribution is 2.39. The first-order valence-electron chi connectivity index (χ1n) is 5.27. The van der Waals surface area contributed by atoms with E-state index in [4.69, 9.17) is 17.3 Å². The fraction of sp³-hybridized carbons (Fsp3) is 0.167. The van der Waals surface area contributed by atoms with Crippen molar-refractivity contribution in [1.29, 1.82) is 0 Å². The Bertz CT molecular complexity index is 623. The molecular formula is C12H7Br2ClF3NS. The largest absolute Gasteiger partial charge is 0.416 e. The lowest BCUT2D eigenvalue weighted by molar-refractivity contribution is -0.137. The van der Waals surface area contributed by atoms with Crippen LogP contribution < -0.4 is 5.73 Å². The first-order valence-corrected chi connectivity index (χ1v) is 8.05. The zero-order chi connectivity index (χ0) is 15.1. The molecule has 2 rings (SSSR count). The average Bonchev–Trinajstić information content (AvgIpc) is 2.68. The van der Waals surface area contributed by atoms with Gasteiger partial charge in [0.15, 0.2) is 0 Å². The van der Waals surface area contributed by atoms with Gasteiger partial charge in [0, 0.05) is 9.35 Å². The van der Waals surface area contributed by atoms with Crippen LogP contribution in [0.1, 0.15) is 22.0 Å². The molecule has 0 radical (unpaired) electrons. The third-order valence-electron chi connectivity index (χ3n) is 2.63. The van der Waals surface area contributed by atoms with Gasteiger partial charge in [-0.3, -0.25) is 0 Å². The Labute approximate surface area is 139 Å². The normalized spacial score (nSPS) is 13.6. The maximum atomic E-state index is 12.8. The quantitative estimate of drug-likeness (QED) is 0.599. The Morgan fingerprint density at radius 3 is 2.35 bits per heavy atom. The third-order valence-corrected chi connectivity index (χ3v) is 5.91. The van der Waals surface area contributed by atoms with Crippen LogP contribution in [-0.4, -0.2) is 0 Å². The van der Waals surface area contributed by atoms with E-state index in [9.17, 15) is 13.2 Å². The van der Waals surface area contributed by atoms with Crippen LogP contribution >= 0.6 is 54.8 Å². The van der Waals surface area contributed by atoms with Crippen molar-refractivity contribution in [2.75, 3.05) is 0 Å². The van der Waals surface area contributed by atoms with Crippen molar-refractivity contribution >= 4 is 54.8 Å². The minimum Gasteiger partial charge on any atom is -0.320 e. The van der Waals surface area contributed by atoms with E-state index in [1.54, 1.807) is 6.07 Å². The molecule has 0 bridgehead atoms. The van der Waals surface area contributed by atoms with E-state index in [1.165, 1.54) is 17.4 Å². The summed E-state index contributed by atoms with van der Waals surface area (Å²) in [6.07, 6.45) is -4.40. The molecule has 1 nitrogen and oxygen atoms in total. The minimum absolute atomic E-state index is 0.366. The Morgan fingerprint density at radius 2 is 1.85 bits per heavy atom. The van der Waals surface area contributed by atoms with E-state index >= 15 is 0 Å². The van der Waals surface area contributed by atoms with Gasteiger partial charge in [-0.25, -0.2) is 0 Å². The van der Waals surface area contributed by atoms with Crippen LogP contribution in [0.15, 0.2) is 32.5 Å². The highest BCUT2D eigenvalue weighted by Gasteiger charge is 2.31. The molecule has 1 heterocycles. The summed E-state index contributed by atoms with van der Waals surface area (Å²) in [6, 6.07) is 4.38. The fourth-order valence-corrected chi connectivity index (χ4v) is 3.89. The zero-order valence-electron chi connectivity index (χ0n) is 9.64. The summed E-state index contributed by atoms with van der Waals surface area (Å²) in [5.41, 5.74) is 5.68. The Hall–Kier alpha value is -0.0800. The summed E-state index contributed by atoms with van der Waals surface area (Å²) in [4.78, 5) is 0.682. The highest BCUT2D eigenvalue weighted by atomic mass is 79.9. The molecule has 0 fully saturated rings. The third kappa shape index (κ3) is 3.39. The summed E-state index contributed by atoms with van der Waals surface area (Å²) in [7, 11) is 0. The van der Waals surface area contributed by atoms with Crippen LogP contribution in [-0.2, 0) is 6.18 Å². The summed E-state index contributed by atoms with van der Waals surface area (Å²) in [5.74, 6) is 0. The average molecular weight is 450 g/mol. The van der Waals surface area contributed by atoms with Gasteiger partial charge in [0.2, 0.25) is 0 Å². The maximum Gasteiger partial charge on any atom is 0.416 e. The first-order chi connectivity index (χ1) is 9.20. The van der Waals surface area contributed by atoms with E-state index < -0.39 is 17.8 Å². The molecule has 0 aliphatic rings. The molecule has 0 saturated heterocycles. The lowest BCUT2D eigenvalue weighted by Gasteiger charge is -2.15. The number of rotatable bonds is 2. The van der Waals surface area contributed by atoms with Gasteiger partial charge in [0.05, 0.1) is 20.4 Å². The molecule has 2 aromatic rings.